The van der Waals surface area contributed by atoms with E-state index in [-0.39, 0.29) is 22.9 Å². The summed E-state index contributed by atoms with van der Waals surface area (Å²) < 4.78 is 5.32. The zero-order chi connectivity index (χ0) is 12.9. The van der Waals surface area contributed by atoms with Crippen LogP contribution in [0.25, 0.3) is 0 Å². The Kier molecular flexibility index (Phi) is 2.79. The quantitative estimate of drug-likeness (QED) is 0.407. The summed E-state index contributed by atoms with van der Waals surface area (Å²) in [5.41, 5.74) is 0. The van der Waals surface area contributed by atoms with Gasteiger partial charge < -0.3 is 4.74 Å². The number of carbonyl (C=O) groups excluding carboxylic acids is 1. The lowest BCUT2D eigenvalue weighted by Crippen LogP contribution is -2.40. The number of carbonyl (C=O) groups is 1. The molecule has 1 aliphatic heterocycles. The van der Waals surface area contributed by atoms with Gasteiger partial charge in [0.1, 0.15) is 6.10 Å². The van der Waals surface area contributed by atoms with Crippen molar-refractivity contribution < 1.29 is 14.5 Å². The first kappa shape index (κ1) is 11.9. The number of hydrogen-bond donors (Lipinski definition) is 0. The first-order valence-electron chi connectivity index (χ1n) is 6.90. The van der Waals surface area contributed by atoms with Crippen molar-refractivity contribution >= 4 is 5.97 Å². The Morgan fingerprint density at radius 1 is 1.22 bits per heavy atom. The minimum Gasteiger partial charge on any atom is -0.462 e. The number of nitro groups is 1. The van der Waals surface area contributed by atoms with E-state index in [1.807, 2.05) is 6.92 Å². The van der Waals surface area contributed by atoms with Crippen LogP contribution in [0, 0.1) is 33.8 Å². The lowest BCUT2D eigenvalue weighted by atomic mass is 9.62. The van der Waals surface area contributed by atoms with E-state index in [0.29, 0.717) is 30.6 Å². The molecule has 100 valence electrons. The summed E-state index contributed by atoms with van der Waals surface area (Å²) in [5, 5.41) is 10.9. The summed E-state index contributed by atoms with van der Waals surface area (Å²) in [7, 11) is 0. The summed E-state index contributed by atoms with van der Waals surface area (Å²) >= 11 is 0. The first-order chi connectivity index (χ1) is 8.56. The number of fused-ring (bicyclic) bond motifs is 2. The molecular formula is C13H19NO4. The Bertz CT molecular complexity index is 383. The van der Waals surface area contributed by atoms with Crippen LogP contribution >= 0.6 is 0 Å². The molecule has 0 bridgehead atoms. The molecule has 0 aromatic heterocycles. The largest absolute Gasteiger partial charge is 0.462 e. The van der Waals surface area contributed by atoms with Crippen molar-refractivity contribution in [2.24, 2.45) is 23.7 Å². The Hall–Kier alpha value is -1.13. The van der Waals surface area contributed by atoms with E-state index in [9.17, 15) is 14.9 Å². The van der Waals surface area contributed by atoms with E-state index < -0.39 is 6.04 Å². The molecule has 3 aliphatic rings. The average molecular weight is 253 g/mol. The molecule has 0 aromatic rings. The summed E-state index contributed by atoms with van der Waals surface area (Å²) in [6.07, 6.45) is 4.17. The van der Waals surface area contributed by atoms with E-state index >= 15 is 0 Å². The minimum absolute atomic E-state index is 0.00625. The van der Waals surface area contributed by atoms with Gasteiger partial charge in [0.25, 0.3) is 0 Å². The van der Waals surface area contributed by atoms with Crippen molar-refractivity contribution in [1.82, 2.24) is 0 Å². The van der Waals surface area contributed by atoms with Gasteiger partial charge in [-0.15, -0.1) is 0 Å². The zero-order valence-electron chi connectivity index (χ0n) is 10.6. The number of nitrogens with zero attached hydrogens (tertiary/aromatic N) is 1. The van der Waals surface area contributed by atoms with Crippen molar-refractivity contribution in [3.05, 3.63) is 10.1 Å². The van der Waals surface area contributed by atoms with Gasteiger partial charge in [-0.1, -0.05) is 0 Å². The van der Waals surface area contributed by atoms with Gasteiger partial charge >= 0.3 is 5.97 Å². The lowest BCUT2D eigenvalue weighted by Gasteiger charge is -2.40. The van der Waals surface area contributed by atoms with Crippen LogP contribution in [-0.2, 0) is 9.53 Å². The average Bonchev–Trinajstić information content (AvgIpc) is 2.61. The smallest absolute Gasteiger partial charge is 0.309 e. The van der Waals surface area contributed by atoms with Gasteiger partial charge in [-0.25, -0.2) is 0 Å². The molecule has 0 aromatic carbocycles. The Morgan fingerprint density at radius 2 is 2.00 bits per heavy atom. The van der Waals surface area contributed by atoms with E-state index in [0.717, 1.165) is 19.3 Å². The highest BCUT2D eigenvalue weighted by Gasteiger charge is 2.51. The minimum atomic E-state index is -0.391. The van der Waals surface area contributed by atoms with Gasteiger partial charge in [0, 0.05) is 23.7 Å². The van der Waals surface area contributed by atoms with Crippen LogP contribution in [0.5, 0.6) is 0 Å². The maximum atomic E-state index is 11.8. The Labute approximate surface area is 106 Å². The molecule has 2 aliphatic carbocycles. The van der Waals surface area contributed by atoms with Gasteiger partial charge in [0.2, 0.25) is 6.04 Å². The molecule has 5 heteroatoms. The molecule has 5 nitrogen and oxygen atoms in total. The molecule has 5 unspecified atom stereocenters. The molecule has 3 fully saturated rings. The van der Waals surface area contributed by atoms with Gasteiger partial charge in [0.15, 0.2) is 0 Å². The summed E-state index contributed by atoms with van der Waals surface area (Å²) in [6.45, 7) is 1.98. The number of cyclic esters (lactones) is 1. The van der Waals surface area contributed by atoms with Crippen molar-refractivity contribution in [1.29, 1.82) is 0 Å². The van der Waals surface area contributed by atoms with Gasteiger partial charge in [-0.3, -0.25) is 14.9 Å². The molecule has 2 saturated carbocycles. The Morgan fingerprint density at radius 3 is 2.72 bits per heavy atom. The fraction of sp³-hybridized carbons (Fsp3) is 0.923. The van der Waals surface area contributed by atoms with Crippen LogP contribution in [0.15, 0.2) is 0 Å². The lowest BCUT2D eigenvalue weighted by molar-refractivity contribution is -0.529. The SMILES string of the molecule is CC1OC(=O)C2CC3C[C@H]([N+](=O)[O-])CCC3CC12. The molecule has 0 radical (unpaired) electrons. The van der Waals surface area contributed by atoms with E-state index in [4.69, 9.17) is 4.74 Å². The van der Waals surface area contributed by atoms with Crippen LogP contribution in [-0.4, -0.2) is 23.0 Å². The third kappa shape index (κ3) is 1.80. The second-order valence-corrected chi connectivity index (χ2v) is 6.16. The maximum absolute atomic E-state index is 11.8. The van der Waals surface area contributed by atoms with Crippen molar-refractivity contribution in [2.75, 3.05) is 0 Å². The van der Waals surface area contributed by atoms with Gasteiger partial charge in [-0.05, 0) is 38.0 Å². The first-order valence-corrected chi connectivity index (χ1v) is 6.90. The predicted molar refractivity (Wildman–Crippen MR) is 63.4 cm³/mol. The normalized spacial score (nSPS) is 47.1. The molecule has 1 heterocycles. The molecule has 0 amide bonds. The second-order valence-electron chi connectivity index (χ2n) is 6.16. The van der Waals surface area contributed by atoms with Crippen LogP contribution in [0.3, 0.4) is 0 Å². The maximum Gasteiger partial charge on any atom is 0.309 e. The van der Waals surface area contributed by atoms with Crippen LogP contribution in [0.4, 0.5) is 0 Å². The van der Waals surface area contributed by atoms with Crippen molar-refractivity contribution in [3.8, 4) is 0 Å². The fourth-order valence-electron chi connectivity index (χ4n) is 4.26. The van der Waals surface area contributed by atoms with Crippen LogP contribution in [0.1, 0.15) is 39.0 Å². The monoisotopic (exact) mass is 253 g/mol. The third-order valence-corrected chi connectivity index (χ3v) is 5.27. The van der Waals surface area contributed by atoms with E-state index in [2.05, 4.69) is 0 Å². The highest BCUT2D eigenvalue weighted by atomic mass is 16.6. The molecule has 3 rings (SSSR count). The van der Waals surface area contributed by atoms with E-state index in [1.54, 1.807) is 0 Å². The molecule has 18 heavy (non-hydrogen) atoms. The summed E-state index contributed by atoms with van der Waals surface area (Å²) in [5.74, 6) is 1.21. The molecule has 6 atom stereocenters. The summed E-state index contributed by atoms with van der Waals surface area (Å²) in [6, 6.07) is -0.391. The second kappa shape index (κ2) is 4.21. The molecular weight excluding hydrogens is 234 g/mol. The number of rotatable bonds is 1. The van der Waals surface area contributed by atoms with Gasteiger partial charge in [0.05, 0.1) is 5.92 Å². The van der Waals surface area contributed by atoms with Gasteiger partial charge in [-0.2, -0.15) is 0 Å². The molecule has 1 saturated heterocycles. The highest BCUT2D eigenvalue weighted by Crippen LogP contribution is 2.49. The fourth-order valence-corrected chi connectivity index (χ4v) is 4.26. The topological polar surface area (TPSA) is 69.4 Å². The van der Waals surface area contributed by atoms with E-state index in [1.165, 1.54) is 0 Å². The molecule has 0 N–H and O–H groups in total. The number of hydrogen-bond acceptors (Lipinski definition) is 4. The van der Waals surface area contributed by atoms with Crippen LogP contribution < -0.4 is 0 Å². The number of ether oxygens (including phenoxy) is 1. The standard InChI is InChI=1S/C13H19NO4/c1-7-11-5-8-2-3-10(14(16)17)4-9(8)6-12(11)13(15)18-7/h7-12H,2-6H2,1H3/t7?,8?,9?,10-,11?,12?/m1/s1. The third-order valence-electron chi connectivity index (χ3n) is 5.27. The van der Waals surface area contributed by atoms with Crippen molar-refractivity contribution in [3.63, 3.8) is 0 Å². The summed E-state index contributed by atoms with van der Waals surface area (Å²) in [4.78, 5) is 22.5. The van der Waals surface area contributed by atoms with Crippen molar-refractivity contribution in [2.45, 2.75) is 51.2 Å². The molecule has 0 spiro atoms. The number of esters is 1. The zero-order valence-corrected chi connectivity index (χ0v) is 10.6. The predicted octanol–water partition coefficient (Wildman–Crippen LogP) is 2.02. The highest BCUT2D eigenvalue weighted by molar-refractivity contribution is 5.75. The van der Waals surface area contributed by atoms with Crippen LogP contribution in [0.2, 0.25) is 0 Å². The Balaban J connectivity index is 1.73.